The molecule has 0 atom stereocenters. The molecule has 0 spiro atoms. The van der Waals surface area contributed by atoms with E-state index in [1.54, 1.807) is 12.1 Å². The van der Waals surface area contributed by atoms with E-state index in [1.165, 1.54) is 12.1 Å². The van der Waals surface area contributed by atoms with E-state index in [1.807, 2.05) is 30.6 Å². The topological polar surface area (TPSA) is 76.1 Å². The first kappa shape index (κ1) is 15.6. The lowest BCUT2D eigenvalue weighted by molar-refractivity contribution is -0.697. The normalized spacial score (nSPS) is 10.2. The van der Waals surface area contributed by atoms with Crippen LogP contribution in [0.15, 0.2) is 54.9 Å². The van der Waals surface area contributed by atoms with E-state index in [0.717, 1.165) is 19.4 Å². The minimum atomic E-state index is -0.479. The van der Waals surface area contributed by atoms with Crippen LogP contribution in [0.3, 0.4) is 0 Å². The van der Waals surface area contributed by atoms with Crippen LogP contribution in [0, 0.1) is 10.1 Å². The molecule has 2 rings (SSSR count). The summed E-state index contributed by atoms with van der Waals surface area (Å²) in [6.07, 6.45) is 6.04. The number of non-ortho nitro benzene ring substituents is 1. The number of hydrogen-bond acceptors (Lipinski definition) is 3. The molecule has 114 valence electrons. The SMILES string of the molecule is O=C(CCCC[n+]1ccccc1)Nc1cccc([N+](=O)[O-])c1. The molecule has 6 heteroatoms. The molecule has 0 radical (unpaired) electrons. The Hall–Kier alpha value is -2.76. The van der Waals surface area contributed by atoms with Crippen molar-refractivity contribution in [2.24, 2.45) is 0 Å². The number of nitro benzene ring substituents is 1. The molecule has 0 unspecified atom stereocenters. The second-order valence-corrected chi connectivity index (χ2v) is 4.93. The second kappa shape index (κ2) is 7.87. The van der Waals surface area contributed by atoms with Gasteiger partial charge in [-0.2, -0.15) is 0 Å². The number of nitrogens with one attached hydrogen (secondary N) is 1. The quantitative estimate of drug-likeness (QED) is 0.370. The van der Waals surface area contributed by atoms with Gasteiger partial charge in [0.05, 0.1) is 4.92 Å². The van der Waals surface area contributed by atoms with Crippen molar-refractivity contribution >= 4 is 17.3 Å². The summed E-state index contributed by atoms with van der Waals surface area (Å²) in [6.45, 7) is 0.866. The number of anilines is 1. The van der Waals surface area contributed by atoms with Gasteiger partial charge in [0.15, 0.2) is 12.4 Å². The van der Waals surface area contributed by atoms with Crippen LogP contribution < -0.4 is 9.88 Å². The summed E-state index contributed by atoms with van der Waals surface area (Å²) in [5.41, 5.74) is 0.426. The first-order valence-corrected chi connectivity index (χ1v) is 7.13. The molecular formula is C16H18N3O3+. The van der Waals surface area contributed by atoms with Crippen molar-refractivity contribution in [2.75, 3.05) is 5.32 Å². The van der Waals surface area contributed by atoms with Crippen molar-refractivity contribution in [3.8, 4) is 0 Å². The highest BCUT2D eigenvalue weighted by Crippen LogP contribution is 2.17. The molecule has 0 bridgehead atoms. The minimum absolute atomic E-state index is 0.0294. The van der Waals surface area contributed by atoms with Crippen LogP contribution in [0.2, 0.25) is 0 Å². The molecule has 0 aliphatic carbocycles. The van der Waals surface area contributed by atoms with E-state index in [-0.39, 0.29) is 11.6 Å². The van der Waals surface area contributed by atoms with Crippen LogP contribution in [0.25, 0.3) is 0 Å². The highest BCUT2D eigenvalue weighted by molar-refractivity contribution is 5.90. The highest BCUT2D eigenvalue weighted by atomic mass is 16.6. The molecule has 0 aliphatic rings. The number of aromatic nitrogens is 1. The summed E-state index contributed by atoms with van der Waals surface area (Å²) in [5, 5.41) is 13.4. The average molecular weight is 300 g/mol. The number of unbranched alkanes of at least 4 members (excludes halogenated alkanes) is 1. The number of nitro groups is 1. The van der Waals surface area contributed by atoms with E-state index in [2.05, 4.69) is 9.88 Å². The fourth-order valence-corrected chi connectivity index (χ4v) is 2.08. The van der Waals surface area contributed by atoms with Crippen LogP contribution in [-0.4, -0.2) is 10.8 Å². The largest absolute Gasteiger partial charge is 0.326 e. The second-order valence-electron chi connectivity index (χ2n) is 4.93. The fourth-order valence-electron chi connectivity index (χ4n) is 2.08. The van der Waals surface area contributed by atoms with Crippen molar-refractivity contribution in [3.63, 3.8) is 0 Å². The summed E-state index contributed by atoms with van der Waals surface area (Å²) in [5.74, 6) is -0.126. The lowest BCUT2D eigenvalue weighted by atomic mass is 10.2. The molecule has 0 saturated heterocycles. The molecule has 1 aromatic heterocycles. The van der Waals surface area contributed by atoms with E-state index in [4.69, 9.17) is 0 Å². The van der Waals surface area contributed by atoms with Crippen LogP contribution in [0.5, 0.6) is 0 Å². The first-order valence-electron chi connectivity index (χ1n) is 7.13. The lowest BCUT2D eigenvalue weighted by Crippen LogP contribution is -2.32. The number of amides is 1. The minimum Gasteiger partial charge on any atom is -0.326 e. The predicted molar refractivity (Wildman–Crippen MR) is 82.2 cm³/mol. The van der Waals surface area contributed by atoms with Gasteiger partial charge in [-0.05, 0) is 12.5 Å². The number of hydrogen-bond donors (Lipinski definition) is 1. The van der Waals surface area contributed by atoms with Gasteiger partial charge in [0.1, 0.15) is 6.54 Å². The highest BCUT2D eigenvalue weighted by Gasteiger charge is 2.08. The lowest BCUT2D eigenvalue weighted by Gasteiger charge is -2.04. The van der Waals surface area contributed by atoms with Gasteiger partial charge in [-0.1, -0.05) is 12.1 Å². The maximum absolute atomic E-state index is 11.8. The van der Waals surface area contributed by atoms with E-state index in [0.29, 0.717) is 12.1 Å². The summed E-state index contributed by atoms with van der Waals surface area (Å²) in [4.78, 5) is 22.0. The standard InChI is InChI=1S/C16H17N3O3/c20-16(9-2-5-12-18-10-3-1-4-11-18)17-14-7-6-8-15(13-14)19(21)22/h1,3-4,6-8,10-11,13H,2,5,9,12H2/p+1. The van der Waals surface area contributed by atoms with Crippen molar-refractivity contribution < 1.29 is 14.3 Å². The number of aryl methyl sites for hydroxylation is 1. The van der Waals surface area contributed by atoms with Crippen molar-refractivity contribution in [1.82, 2.24) is 0 Å². The number of pyridine rings is 1. The summed E-state index contributed by atoms with van der Waals surface area (Å²) < 4.78 is 2.07. The van der Waals surface area contributed by atoms with E-state index >= 15 is 0 Å². The Morgan fingerprint density at radius 2 is 1.91 bits per heavy atom. The molecular weight excluding hydrogens is 282 g/mol. The zero-order valence-electron chi connectivity index (χ0n) is 12.1. The Morgan fingerprint density at radius 3 is 2.64 bits per heavy atom. The molecule has 2 aromatic rings. The molecule has 1 heterocycles. The third kappa shape index (κ3) is 4.97. The van der Waals surface area contributed by atoms with Gasteiger partial charge in [-0.3, -0.25) is 14.9 Å². The van der Waals surface area contributed by atoms with Gasteiger partial charge in [0.25, 0.3) is 5.69 Å². The zero-order valence-corrected chi connectivity index (χ0v) is 12.1. The number of nitrogens with zero attached hydrogens (tertiary/aromatic N) is 2. The zero-order chi connectivity index (χ0) is 15.8. The monoisotopic (exact) mass is 300 g/mol. The molecule has 22 heavy (non-hydrogen) atoms. The van der Waals surface area contributed by atoms with Crippen LogP contribution in [-0.2, 0) is 11.3 Å². The molecule has 1 amide bonds. The van der Waals surface area contributed by atoms with E-state index < -0.39 is 4.92 Å². The molecule has 0 saturated carbocycles. The molecule has 1 N–H and O–H groups in total. The Bertz CT molecular complexity index is 644. The predicted octanol–water partition coefficient (Wildman–Crippen LogP) is 2.69. The van der Waals surface area contributed by atoms with Gasteiger partial charge in [-0.15, -0.1) is 0 Å². The van der Waals surface area contributed by atoms with Crippen LogP contribution in [0.4, 0.5) is 11.4 Å². The number of carbonyl (C=O) groups excluding carboxylic acids is 1. The first-order chi connectivity index (χ1) is 10.6. The third-order valence-corrected chi connectivity index (χ3v) is 3.19. The maximum atomic E-state index is 11.8. The van der Waals surface area contributed by atoms with Crippen molar-refractivity contribution in [2.45, 2.75) is 25.8 Å². The molecule has 0 fully saturated rings. The van der Waals surface area contributed by atoms with Crippen molar-refractivity contribution in [3.05, 3.63) is 65.0 Å². The maximum Gasteiger partial charge on any atom is 0.271 e. The molecule has 0 aliphatic heterocycles. The average Bonchev–Trinajstić information content (AvgIpc) is 2.53. The Balaban J connectivity index is 1.74. The summed E-state index contributed by atoms with van der Waals surface area (Å²) in [7, 11) is 0. The van der Waals surface area contributed by atoms with Gasteiger partial charge >= 0.3 is 0 Å². The third-order valence-electron chi connectivity index (χ3n) is 3.19. The Morgan fingerprint density at radius 1 is 1.14 bits per heavy atom. The van der Waals surface area contributed by atoms with Crippen LogP contribution in [0.1, 0.15) is 19.3 Å². The van der Waals surface area contributed by atoms with Gasteiger partial charge in [0.2, 0.25) is 5.91 Å². The van der Waals surface area contributed by atoms with Gasteiger partial charge in [0, 0.05) is 42.8 Å². The van der Waals surface area contributed by atoms with Crippen LogP contribution >= 0.6 is 0 Å². The van der Waals surface area contributed by atoms with Crippen molar-refractivity contribution in [1.29, 1.82) is 0 Å². The summed E-state index contributed by atoms with van der Waals surface area (Å²) >= 11 is 0. The van der Waals surface area contributed by atoms with Gasteiger partial charge in [-0.25, -0.2) is 4.57 Å². The fraction of sp³-hybridized carbons (Fsp3) is 0.250. The number of rotatable bonds is 7. The summed E-state index contributed by atoms with van der Waals surface area (Å²) in [6, 6.07) is 11.8. The molecule has 1 aromatic carbocycles. The molecule has 6 nitrogen and oxygen atoms in total. The number of benzene rings is 1. The smallest absolute Gasteiger partial charge is 0.271 e. The van der Waals surface area contributed by atoms with E-state index in [9.17, 15) is 14.9 Å². The number of carbonyl (C=O) groups is 1. The van der Waals surface area contributed by atoms with Gasteiger partial charge < -0.3 is 5.32 Å². The Kier molecular flexibility index (Phi) is 5.59. The Labute approximate surface area is 128 Å².